The SMILES string of the molecule is N#Cc1c(-n2c3ccc(-c4ccc(C(F)(F)F)cc4C(F)(F)F)cc3c3cc(-c4ccc(C(F)(F)F)cc4C(F)(F)F)ccc32)cc(-c2ccc(C(F)(F)F)cc2C(F)(F)F)cc1-n1c2ccc(-c3ccc(C(F)(F)F)cc3C(F)(F)F)cc2c2cc(-c3ccc(C(F)(F)F)cc3C(F)(F)F)ccc21. The van der Waals surface area contributed by atoms with Crippen LogP contribution in [0.2, 0.25) is 0 Å². The summed E-state index contributed by atoms with van der Waals surface area (Å²) in [6, 6.07) is 14.3. The van der Waals surface area contributed by atoms with Crippen molar-refractivity contribution in [3.05, 3.63) is 237 Å². The molecule has 2 heterocycles. The first-order valence-corrected chi connectivity index (χ1v) is 29.0. The third-order valence-corrected chi connectivity index (χ3v) is 17.0. The van der Waals surface area contributed by atoms with Crippen LogP contribution in [0.1, 0.15) is 61.2 Å². The van der Waals surface area contributed by atoms with E-state index < -0.39 is 234 Å². The lowest BCUT2D eigenvalue weighted by Crippen LogP contribution is -2.12. The first-order chi connectivity index (χ1) is 47.8. The summed E-state index contributed by atoms with van der Waals surface area (Å²) < 4.78 is 439. The molecule has 0 N–H and O–H groups in total. The van der Waals surface area contributed by atoms with E-state index in [0.29, 0.717) is 36.4 Å². The third kappa shape index (κ3) is 13.3. The Morgan fingerprint density at radius 1 is 0.212 bits per heavy atom. The van der Waals surface area contributed by atoms with Crippen molar-refractivity contribution in [2.45, 2.75) is 61.8 Å². The average Bonchev–Trinajstić information content (AvgIpc) is 1.65. The predicted octanol–water partition coefficient (Wildman–Crippen LogP) is 26.3. The molecule has 0 saturated heterocycles. The van der Waals surface area contributed by atoms with Crippen molar-refractivity contribution >= 4 is 43.6 Å². The summed E-state index contributed by atoms with van der Waals surface area (Å²) in [5.74, 6) is 0. The number of aromatic nitrogens is 2. The molecule has 2 aromatic heterocycles. The first kappa shape index (κ1) is 73.0. The van der Waals surface area contributed by atoms with Crippen LogP contribution in [0.5, 0.6) is 0 Å². The third-order valence-electron chi connectivity index (χ3n) is 17.0. The van der Waals surface area contributed by atoms with Gasteiger partial charge in [0.15, 0.2) is 0 Å². The van der Waals surface area contributed by atoms with Crippen molar-refractivity contribution in [1.82, 2.24) is 9.13 Å². The van der Waals surface area contributed by atoms with Crippen LogP contribution in [0.3, 0.4) is 0 Å². The van der Waals surface area contributed by atoms with Gasteiger partial charge in [-0.25, -0.2) is 0 Å². The second-order valence-corrected chi connectivity index (χ2v) is 23.4. The summed E-state index contributed by atoms with van der Waals surface area (Å²) in [5, 5.41) is 9.62. The molecule has 0 amide bonds. The Bertz CT molecular complexity index is 4970. The average molecular weight is 1490 g/mol. The first-order valence-electron chi connectivity index (χ1n) is 29.0. The lowest BCUT2D eigenvalue weighted by molar-refractivity contribution is -0.144. The van der Waals surface area contributed by atoms with Crippen molar-refractivity contribution in [3.63, 3.8) is 0 Å². The highest BCUT2D eigenvalue weighted by Crippen LogP contribution is 2.52. The van der Waals surface area contributed by atoms with E-state index in [1.165, 1.54) is 0 Å². The van der Waals surface area contributed by atoms with Gasteiger partial charge in [0.1, 0.15) is 11.6 Å². The summed E-state index contributed by atoms with van der Waals surface area (Å²) in [5.41, 5.74) is -32.5. The van der Waals surface area contributed by atoms with Crippen molar-refractivity contribution in [2.24, 2.45) is 0 Å². The van der Waals surface area contributed by atoms with Crippen LogP contribution < -0.4 is 0 Å². The molecular weight excluding hydrogens is 1460 g/mol. The van der Waals surface area contributed by atoms with Gasteiger partial charge >= 0.3 is 61.8 Å². The van der Waals surface area contributed by atoms with E-state index in [4.69, 9.17) is 0 Å². The quantitative estimate of drug-likeness (QED) is 0.146. The molecule has 0 aliphatic carbocycles. The molecule has 0 spiro atoms. The van der Waals surface area contributed by atoms with E-state index >= 15 is 13.2 Å². The van der Waals surface area contributed by atoms with Crippen molar-refractivity contribution < 1.29 is 132 Å². The molecule has 12 aromatic rings. The van der Waals surface area contributed by atoms with E-state index in [-0.39, 0.29) is 66.7 Å². The molecule has 12 rings (SSSR count). The number of benzene rings is 10. The highest BCUT2D eigenvalue weighted by atomic mass is 19.4. The molecule has 0 aliphatic rings. The minimum atomic E-state index is -5.81. The van der Waals surface area contributed by atoms with Crippen LogP contribution in [-0.2, 0) is 61.8 Å². The van der Waals surface area contributed by atoms with Gasteiger partial charge in [-0.3, -0.25) is 0 Å². The molecule has 33 heteroatoms. The second-order valence-electron chi connectivity index (χ2n) is 23.4. The maximum Gasteiger partial charge on any atom is 0.417 e. The van der Waals surface area contributed by atoms with Crippen molar-refractivity contribution in [1.29, 1.82) is 5.26 Å². The van der Waals surface area contributed by atoms with Gasteiger partial charge in [0, 0.05) is 21.5 Å². The predicted molar refractivity (Wildman–Crippen MR) is 317 cm³/mol. The van der Waals surface area contributed by atoms with Gasteiger partial charge in [-0.15, -0.1) is 0 Å². The molecule has 0 saturated carbocycles. The minimum Gasteiger partial charge on any atom is -0.308 e. The van der Waals surface area contributed by atoms with E-state index in [1.54, 1.807) is 6.07 Å². The lowest BCUT2D eigenvalue weighted by atomic mass is 9.94. The maximum atomic E-state index is 15.5. The molecule has 0 fully saturated rings. The van der Waals surface area contributed by atoms with Gasteiger partial charge in [-0.05, 0) is 177 Å². The molecule has 0 radical (unpaired) electrons. The van der Waals surface area contributed by atoms with Gasteiger partial charge < -0.3 is 9.13 Å². The normalized spacial score (nSPS) is 13.5. The number of hydrogen-bond donors (Lipinski definition) is 0. The van der Waals surface area contributed by atoms with Crippen LogP contribution >= 0.6 is 0 Å². The number of halogens is 30. The molecular formula is C71H29F30N3. The second kappa shape index (κ2) is 24.1. The van der Waals surface area contributed by atoms with Crippen molar-refractivity contribution in [2.75, 3.05) is 0 Å². The summed E-state index contributed by atoms with van der Waals surface area (Å²) in [6.45, 7) is 0. The topological polar surface area (TPSA) is 33.6 Å². The van der Waals surface area contributed by atoms with Crippen LogP contribution in [-0.4, -0.2) is 9.13 Å². The molecule has 104 heavy (non-hydrogen) atoms. The Balaban J connectivity index is 1.25. The van der Waals surface area contributed by atoms with E-state index in [1.807, 2.05) is 0 Å². The van der Waals surface area contributed by atoms with Crippen LogP contribution in [0.4, 0.5) is 132 Å². The molecule has 0 aliphatic heterocycles. The highest BCUT2D eigenvalue weighted by Gasteiger charge is 2.45. The van der Waals surface area contributed by atoms with E-state index in [2.05, 4.69) is 0 Å². The van der Waals surface area contributed by atoms with Gasteiger partial charge in [0.05, 0.1) is 89.1 Å². The van der Waals surface area contributed by atoms with Crippen LogP contribution in [0.15, 0.2) is 176 Å². The number of alkyl halides is 30. The summed E-state index contributed by atoms with van der Waals surface area (Å²) >= 11 is 0. The Hall–Kier alpha value is -10.8. The Labute approximate surface area is 560 Å². The molecule has 3 nitrogen and oxygen atoms in total. The van der Waals surface area contributed by atoms with Gasteiger partial charge in [-0.2, -0.15) is 137 Å². The largest absolute Gasteiger partial charge is 0.417 e. The summed E-state index contributed by atoms with van der Waals surface area (Å²) in [4.78, 5) is 0. The number of hydrogen-bond acceptors (Lipinski definition) is 1. The molecule has 10 aromatic carbocycles. The zero-order valence-electron chi connectivity index (χ0n) is 50.4. The highest BCUT2D eigenvalue weighted by molar-refractivity contribution is 6.14. The number of nitriles is 1. The minimum absolute atomic E-state index is 0.148. The molecule has 0 bridgehead atoms. The number of rotatable bonds is 7. The number of nitrogens with zero attached hydrogens (tertiary/aromatic N) is 3. The summed E-state index contributed by atoms with van der Waals surface area (Å²) in [6.07, 6.45) is -55.5. The zero-order chi connectivity index (χ0) is 76.3. The maximum absolute atomic E-state index is 15.5. The molecule has 0 unspecified atom stereocenters. The lowest BCUT2D eigenvalue weighted by Gasteiger charge is -2.21. The fraction of sp³-hybridized carbons (Fsp3) is 0.141. The molecule has 538 valence electrons. The monoisotopic (exact) mass is 1490 g/mol. The zero-order valence-corrected chi connectivity index (χ0v) is 50.4. The molecule has 0 atom stereocenters. The van der Waals surface area contributed by atoms with E-state index in [0.717, 1.165) is 81.9 Å². The van der Waals surface area contributed by atoms with Crippen LogP contribution in [0.25, 0.3) is 111 Å². The van der Waals surface area contributed by atoms with Crippen LogP contribution in [0, 0.1) is 11.3 Å². The Morgan fingerprint density at radius 2 is 0.404 bits per heavy atom. The fourth-order valence-electron chi connectivity index (χ4n) is 12.5. The Morgan fingerprint density at radius 3 is 0.577 bits per heavy atom. The van der Waals surface area contributed by atoms with E-state index in [9.17, 15) is 124 Å². The van der Waals surface area contributed by atoms with Crippen molar-refractivity contribution in [3.8, 4) is 73.1 Å². The summed E-state index contributed by atoms with van der Waals surface area (Å²) in [7, 11) is 0. The van der Waals surface area contributed by atoms with Gasteiger partial charge in [-0.1, -0.05) is 54.6 Å². The Kier molecular flexibility index (Phi) is 16.9. The van der Waals surface area contributed by atoms with Gasteiger partial charge in [0.25, 0.3) is 0 Å². The smallest absolute Gasteiger partial charge is 0.308 e. The van der Waals surface area contributed by atoms with Gasteiger partial charge in [0.2, 0.25) is 0 Å². The fourth-order valence-corrected chi connectivity index (χ4v) is 12.5. The standard InChI is InChI=1S/C71H29F30N3/c72-62(73,74)36-5-10-41(51(25-36)67(87,88)89)31-1-15-56-46(19-31)47-20-32(42-11-6-37(63(75,76)77)26-52(42)68(90,91)92)2-16-57(47)103(56)60-23-35(45-14-9-40(66(84,85)86)29-55(45)71(99,100)101)24-61(50(60)30-102)104-58-17-3-33(43-12-7-38(64(78,79)80)27-53(43)69(93,94)95)21-48(58)49-22-34(4-18-59(49)104)44-13-8-39(65(81,82)83)28-54(44)70(96,97)98/h1-29H. The number of fused-ring (bicyclic) bond motifs is 6.